The van der Waals surface area contributed by atoms with Crippen molar-refractivity contribution in [3.05, 3.63) is 24.2 Å². The summed E-state index contributed by atoms with van der Waals surface area (Å²) in [6.07, 6.45) is 6.56. The molecule has 0 bridgehead atoms. The van der Waals surface area contributed by atoms with Crippen molar-refractivity contribution in [2.75, 3.05) is 13.2 Å². The molecule has 74 valence electrons. The van der Waals surface area contributed by atoms with Crippen molar-refractivity contribution in [3.63, 3.8) is 0 Å². The molecule has 0 aliphatic rings. The highest BCUT2D eigenvalue weighted by atomic mass is 16.3. The molecule has 0 spiro atoms. The highest BCUT2D eigenvalue weighted by molar-refractivity contribution is 5.04. The molecule has 0 aliphatic heterocycles. The maximum Gasteiger partial charge on any atom is 0.0947 e. The normalized spacial score (nSPS) is 10.5. The average Bonchev–Trinajstić information content (AvgIpc) is 2.63. The molecular formula is C10H17NO2. The van der Waals surface area contributed by atoms with Gasteiger partial charge in [-0.1, -0.05) is 0 Å². The summed E-state index contributed by atoms with van der Waals surface area (Å²) < 4.78 is 4.94. The molecule has 1 heterocycles. The first-order valence-electron chi connectivity index (χ1n) is 4.76. The van der Waals surface area contributed by atoms with Crippen LogP contribution < -0.4 is 5.32 Å². The van der Waals surface area contributed by atoms with Crippen LogP contribution in [0, 0.1) is 0 Å². The highest BCUT2D eigenvalue weighted by Crippen LogP contribution is 1.99. The smallest absolute Gasteiger partial charge is 0.0947 e. The minimum absolute atomic E-state index is 0.307. The third kappa shape index (κ3) is 4.70. The van der Waals surface area contributed by atoms with Crippen molar-refractivity contribution >= 4 is 0 Å². The van der Waals surface area contributed by atoms with Crippen molar-refractivity contribution in [3.8, 4) is 0 Å². The Hall–Kier alpha value is -0.800. The second-order valence-corrected chi connectivity index (χ2v) is 3.09. The average molecular weight is 183 g/mol. The van der Waals surface area contributed by atoms with Gasteiger partial charge in [0.2, 0.25) is 0 Å². The van der Waals surface area contributed by atoms with Crippen molar-refractivity contribution in [2.45, 2.75) is 25.8 Å². The van der Waals surface area contributed by atoms with E-state index in [1.54, 1.807) is 12.5 Å². The maximum atomic E-state index is 8.54. The Morgan fingerprint density at radius 2 is 2.23 bits per heavy atom. The van der Waals surface area contributed by atoms with E-state index in [1.165, 1.54) is 5.56 Å². The Morgan fingerprint density at radius 3 is 2.92 bits per heavy atom. The number of rotatable bonds is 7. The summed E-state index contributed by atoms with van der Waals surface area (Å²) >= 11 is 0. The lowest BCUT2D eigenvalue weighted by Crippen LogP contribution is -2.14. The van der Waals surface area contributed by atoms with Gasteiger partial charge in [-0.15, -0.1) is 0 Å². The zero-order valence-electron chi connectivity index (χ0n) is 7.83. The van der Waals surface area contributed by atoms with E-state index < -0.39 is 0 Å². The molecular weight excluding hydrogens is 166 g/mol. The molecule has 1 aromatic rings. The SMILES string of the molecule is OCCCCCNCc1ccoc1. The number of furan rings is 1. The van der Waals surface area contributed by atoms with Gasteiger partial charge in [0, 0.05) is 18.7 Å². The van der Waals surface area contributed by atoms with Gasteiger partial charge in [-0.2, -0.15) is 0 Å². The molecule has 0 radical (unpaired) electrons. The van der Waals surface area contributed by atoms with E-state index in [-0.39, 0.29) is 0 Å². The molecule has 0 atom stereocenters. The number of nitrogens with one attached hydrogen (secondary N) is 1. The monoisotopic (exact) mass is 183 g/mol. The van der Waals surface area contributed by atoms with Gasteiger partial charge in [-0.25, -0.2) is 0 Å². The first-order valence-corrected chi connectivity index (χ1v) is 4.76. The molecule has 0 saturated carbocycles. The summed E-state index contributed by atoms with van der Waals surface area (Å²) in [6, 6.07) is 1.96. The predicted molar refractivity (Wildman–Crippen MR) is 51.4 cm³/mol. The van der Waals surface area contributed by atoms with Crippen LogP contribution in [0.3, 0.4) is 0 Å². The molecule has 0 amide bonds. The van der Waals surface area contributed by atoms with E-state index in [1.807, 2.05) is 6.07 Å². The summed E-state index contributed by atoms with van der Waals surface area (Å²) in [6.45, 7) is 2.18. The number of aliphatic hydroxyl groups excluding tert-OH is 1. The zero-order chi connectivity index (χ0) is 9.36. The molecule has 0 fully saturated rings. The first kappa shape index (κ1) is 10.3. The lowest BCUT2D eigenvalue weighted by atomic mass is 10.2. The quantitative estimate of drug-likeness (QED) is 0.630. The fraction of sp³-hybridized carbons (Fsp3) is 0.600. The van der Waals surface area contributed by atoms with E-state index in [0.29, 0.717) is 6.61 Å². The van der Waals surface area contributed by atoms with E-state index >= 15 is 0 Å². The molecule has 3 heteroatoms. The molecule has 2 N–H and O–H groups in total. The van der Waals surface area contributed by atoms with E-state index in [9.17, 15) is 0 Å². The van der Waals surface area contributed by atoms with Crippen molar-refractivity contribution < 1.29 is 9.52 Å². The summed E-state index contributed by atoms with van der Waals surface area (Å²) in [4.78, 5) is 0. The third-order valence-electron chi connectivity index (χ3n) is 1.92. The van der Waals surface area contributed by atoms with Crippen molar-refractivity contribution in [1.29, 1.82) is 0 Å². The van der Waals surface area contributed by atoms with Crippen LogP contribution in [0.25, 0.3) is 0 Å². The van der Waals surface area contributed by atoms with Crippen LogP contribution in [0.4, 0.5) is 0 Å². The molecule has 13 heavy (non-hydrogen) atoms. The van der Waals surface area contributed by atoms with Gasteiger partial charge >= 0.3 is 0 Å². The van der Waals surface area contributed by atoms with Gasteiger partial charge in [0.1, 0.15) is 0 Å². The van der Waals surface area contributed by atoms with Crippen LogP contribution in [0.2, 0.25) is 0 Å². The minimum atomic E-state index is 0.307. The van der Waals surface area contributed by atoms with Crippen LogP contribution in [-0.2, 0) is 6.54 Å². The van der Waals surface area contributed by atoms with Crippen molar-refractivity contribution in [1.82, 2.24) is 5.32 Å². The molecule has 1 rings (SSSR count). The number of aliphatic hydroxyl groups is 1. The molecule has 0 aliphatic carbocycles. The summed E-state index contributed by atoms with van der Waals surface area (Å²) in [5.74, 6) is 0. The Morgan fingerprint density at radius 1 is 1.31 bits per heavy atom. The summed E-state index contributed by atoms with van der Waals surface area (Å²) in [5.41, 5.74) is 1.18. The Kier molecular flexibility index (Phi) is 5.29. The van der Waals surface area contributed by atoms with Crippen LogP contribution >= 0.6 is 0 Å². The van der Waals surface area contributed by atoms with Crippen LogP contribution in [-0.4, -0.2) is 18.3 Å². The first-order chi connectivity index (χ1) is 6.43. The second kappa shape index (κ2) is 6.69. The van der Waals surface area contributed by atoms with E-state index in [2.05, 4.69) is 5.32 Å². The topological polar surface area (TPSA) is 45.4 Å². The summed E-state index contributed by atoms with van der Waals surface area (Å²) in [7, 11) is 0. The lowest BCUT2D eigenvalue weighted by molar-refractivity contribution is 0.283. The van der Waals surface area contributed by atoms with Crippen LogP contribution in [0.5, 0.6) is 0 Å². The second-order valence-electron chi connectivity index (χ2n) is 3.09. The Balaban J connectivity index is 1.90. The van der Waals surface area contributed by atoms with E-state index in [0.717, 1.165) is 32.4 Å². The lowest BCUT2D eigenvalue weighted by Gasteiger charge is -2.01. The maximum absolute atomic E-state index is 8.54. The summed E-state index contributed by atoms with van der Waals surface area (Å²) in [5, 5.41) is 11.8. The van der Waals surface area contributed by atoms with Gasteiger partial charge in [0.05, 0.1) is 12.5 Å². The fourth-order valence-electron chi connectivity index (χ4n) is 1.16. The van der Waals surface area contributed by atoms with Gasteiger partial charge in [0.15, 0.2) is 0 Å². The molecule has 0 unspecified atom stereocenters. The predicted octanol–water partition coefficient (Wildman–Crippen LogP) is 1.53. The van der Waals surface area contributed by atoms with Crippen molar-refractivity contribution in [2.24, 2.45) is 0 Å². The largest absolute Gasteiger partial charge is 0.472 e. The van der Waals surface area contributed by atoms with E-state index in [4.69, 9.17) is 9.52 Å². The fourth-order valence-corrected chi connectivity index (χ4v) is 1.16. The third-order valence-corrected chi connectivity index (χ3v) is 1.92. The Bertz CT molecular complexity index is 197. The van der Waals surface area contributed by atoms with Gasteiger partial charge in [-0.05, 0) is 31.9 Å². The zero-order valence-corrected chi connectivity index (χ0v) is 7.83. The molecule has 1 aromatic heterocycles. The van der Waals surface area contributed by atoms with Crippen LogP contribution in [0.15, 0.2) is 23.0 Å². The highest BCUT2D eigenvalue weighted by Gasteiger charge is 1.92. The molecule has 3 nitrogen and oxygen atoms in total. The van der Waals surface area contributed by atoms with Gasteiger partial charge in [-0.3, -0.25) is 0 Å². The molecule has 0 aromatic carbocycles. The number of unbranched alkanes of at least 4 members (excludes halogenated alkanes) is 2. The number of hydrogen-bond acceptors (Lipinski definition) is 3. The van der Waals surface area contributed by atoms with Crippen LogP contribution in [0.1, 0.15) is 24.8 Å². The minimum Gasteiger partial charge on any atom is -0.472 e. The number of hydrogen-bond donors (Lipinski definition) is 2. The standard InChI is InChI=1S/C10H17NO2/c12-6-3-1-2-5-11-8-10-4-7-13-9-10/h4,7,9,11-12H,1-3,5-6,8H2. The Labute approximate surface area is 78.8 Å². The van der Waals surface area contributed by atoms with Gasteiger partial charge < -0.3 is 14.8 Å². The molecule has 0 saturated heterocycles. The van der Waals surface area contributed by atoms with Gasteiger partial charge in [0.25, 0.3) is 0 Å².